The van der Waals surface area contributed by atoms with E-state index in [1.807, 2.05) is 0 Å². The second-order valence-electron chi connectivity index (χ2n) is 5.78. The summed E-state index contributed by atoms with van der Waals surface area (Å²) in [5, 5.41) is 2.26. The van der Waals surface area contributed by atoms with Crippen LogP contribution in [-0.4, -0.2) is 39.7 Å². The fourth-order valence-corrected chi connectivity index (χ4v) is 2.26. The van der Waals surface area contributed by atoms with E-state index < -0.39 is 23.4 Å². The molecule has 0 aromatic carbocycles. The van der Waals surface area contributed by atoms with Crippen LogP contribution < -0.4 is 10.1 Å². The molecule has 1 fully saturated rings. The van der Waals surface area contributed by atoms with Gasteiger partial charge in [0.1, 0.15) is 16.5 Å². The highest BCUT2D eigenvalue weighted by Gasteiger charge is 2.37. The van der Waals surface area contributed by atoms with Crippen molar-refractivity contribution in [3.63, 3.8) is 0 Å². The standard InChI is InChI=1S/C15H12ClF3N4O3/c1-14(6-25-7-14)26-13-22-9(5-11(16)23-13)12(24)21-8-2-3-20-10(4-8)15(17,18)19/h2-5H,6-7H2,1H3,(H,20,21,24). The zero-order valence-electron chi connectivity index (χ0n) is 13.3. The lowest BCUT2D eigenvalue weighted by Gasteiger charge is -2.37. The first-order chi connectivity index (χ1) is 12.1. The van der Waals surface area contributed by atoms with Gasteiger partial charge in [-0.05, 0) is 19.1 Å². The van der Waals surface area contributed by atoms with E-state index in [4.69, 9.17) is 21.1 Å². The summed E-state index contributed by atoms with van der Waals surface area (Å²) < 4.78 is 48.7. The molecule has 3 heterocycles. The number of halogens is 4. The smallest absolute Gasteiger partial charge is 0.433 e. The zero-order valence-corrected chi connectivity index (χ0v) is 14.1. The van der Waals surface area contributed by atoms with Gasteiger partial charge < -0.3 is 14.8 Å². The van der Waals surface area contributed by atoms with Crippen molar-refractivity contribution >= 4 is 23.2 Å². The molecule has 2 aromatic heterocycles. The minimum Gasteiger partial charge on any atom is -0.452 e. The summed E-state index contributed by atoms with van der Waals surface area (Å²) in [5.41, 5.74) is -1.99. The molecular formula is C15H12ClF3N4O3. The van der Waals surface area contributed by atoms with E-state index in [-0.39, 0.29) is 22.5 Å². The van der Waals surface area contributed by atoms with E-state index in [0.29, 0.717) is 19.3 Å². The van der Waals surface area contributed by atoms with Crippen LogP contribution in [0.1, 0.15) is 23.1 Å². The number of anilines is 1. The maximum absolute atomic E-state index is 12.7. The van der Waals surface area contributed by atoms with E-state index in [0.717, 1.165) is 6.20 Å². The van der Waals surface area contributed by atoms with E-state index >= 15 is 0 Å². The fraction of sp³-hybridized carbons (Fsp3) is 0.333. The van der Waals surface area contributed by atoms with Crippen molar-refractivity contribution in [3.05, 3.63) is 40.9 Å². The Kier molecular flexibility index (Phi) is 4.72. The number of nitrogens with one attached hydrogen (secondary N) is 1. The number of ether oxygens (including phenoxy) is 2. The Hall–Kier alpha value is -2.46. The van der Waals surface area contributed by atoms with Gasteiger partial charge in [0.2, 0.25) is 0 Å². The minimum absolute atomic E-state index is 0.0466. The lowest BCUT2D eigenvalue weighted by molar-refractivity contribution is -0.153. The Labute approximate surface area is 150 Å². The normalized spacial score (nSPS) is 15.9. The van der Waals surface area contributed by atoms with Crippen LogP contribution in [0.3, 0.4) is 0 Å². The summed E-state index contributed by atoms with van der Waals surface area (Å²) >= 11 is 5.87. The van der Waals surface area contributed by atoms with Gasteiger partial charge >= 0.3 is 12.2 Å². The highest BCUT2D eigenvalue weighted by atomic mass is 35.5. The van der Waals surface area contributed by atoms with Crippen molar-refractivity contribution in [3.8, 4) is 6.01 Å². The quantitative estimate of drug-likeness (QED) is 0.810. The highest BCUT2D eigenvalue weighted by Crippen LogP contribution is 2.29. The van der Waals surface area contributed by atoms with Gasteiger partial charge in [0.15, 0.2) is 5.60 Å². The molecule has 1 amide bonds. The molecule has 138 valence electrons. The maximum atomic E-state index is 12.7. The second-order valence-corrected chi connectivity index (χ2v) is 6.17. The Morgan fingerprint density at radius 2 is 2.08 bits per heavy atom. The molecule has 0 atom stereocenters. The van der Waals surface area contributed by atoms with Crippen molar-refractivity contribution in [2.45, 2.75) is 18.7 Å². The molecule has 26 heavy (non-hydrogen) atoms. The number of amides is 1. The van der Waals surface area contributed by atoms with Crippen LogP contribution in [0.15, 0.2) is 24.4 Å². The number of aromatic nitrogens is 3. The Morgan fingerprint density at radius 1 is 1.35 bits per heavy atom. The highest BCUT2D eigenvalue weighted by molar-refractivity contribution is 6.29. The van der Waals surface area contributed by atoms with Crippen molar-refractivity contribution in [2.24, 2.45) is 0 Å². The Bertz CT molecular complexity index is 843. The van der Waals surface area contributed by atoms with Crippen LogP contribution in [0.25, 0.3) is 0 Å². The number of pyridine rings is 1. The molecule has 1 saturated heterocycles. The van der Waals surface area contributed by atoms with E-state index in [1.54, 1.807) is 6.92 Å². The fourth-order valence-electron chi connectivity index (χ4n) is 2.09. The lowest BCUT2D eigenvalue weighted by atomic mass is 10.1. The number of rotatable bonds is 4. The molecule has 0 radical (unpaired) electrons. The number of carbonyl (C=O) groups excluding carboxylic acids is 1. The van der Waals surface area contributed by atoms with Crippen LogP contribution in [0.2, 0.25) is 5.15 Å². The molecule has 1 aliphatic heterocycles. The lowest BCUT2D eigenvalue weighted by Crippen LogP contribution is -2.52. The molecule has 0 aliphatic carbocycles. The first kappa shape index (κ1) is 18.3. The average Bonchev–Trinajstić information content (AvgIpc) is 2.52. The summed E-state index contributed by atoms with van der Waals surface area (Å²) in [6.07, 6.45) is -3.68. The molecule has 0 spiro atoms. The van der Waals surface area contributed by atoms with E-state index in [1.165, 1.54) is 12.1 Å². The first-order valence-corrected chi connectivity index (χ1v) is 7.68. The summed E-state index contributed by atoms with van der Waals surface area (Å²) in [4.78, 5) is 23.3. The summed E-state index contributed by atoms with van der Waals surface area (Å²) in [5.74, 6) is -0.770. The van der Waals surface area contributed by atoms with Crippen LogP contribution >= 0.6 is 11.6 Å². The third-order valence-corrected chi connectivity index (χ3v) is 3.56. The summed E-state index contributed by atoms with van der Waals surface area (Å²) in [6, 6.07) is 2.99. The maximum Gasteiger partial charge on any atom is 0.433 e. The zero-order chi connectivity index (χ0) is 18.9. The molecule has 0 bridgehead atoms. The number of nitrogens with zero attached hydrogens (tertiary/aromatic N) is 3. The Balaban J connectivity index is 1.78. The van der Waals surface area contributed by atoms with Gasteiger partial charge in [-0.3, -0.25) is 9.78 Å². The van der Waals surface area contributed by atoms with Gasteiger partial charge in [-0.2, -0.15) is 23.1 Å². The first-order valence-electron chi connectivity index (χ1n) is 7.31. The van der Waals surface area contributed by atoms with Gasteiger partial charge in [-0.25, -0.2) is 0 Å². The van der Waals surface area contributed by atoms with Gasteiger partial charge in [-0.1, -0.05) is 11.6 Å². The van der Waals surface area contributed by atoms with Crippen molar-refractivity contribution in [1.82, 2.24) is 15.0 Å². The van der Waals surface area contributed by atoms with Crippen LogP contribution in [0.4, 0.5) is 18.9 Å². The van der Waals surface area contributed by atoms with Gasteiger partial charge in [0.05, 0.1) is 13.2 Å². The number of carbonyl (C=O) groups is 1. The molecule has 7 nitrogen and oxygen atoms in total. The van der Waals surface area contributed by atoms with Crippen molar-refractivity contribution in [1.29, 1.82) is 0 Å². The predicted molar refractivity (Wildman–Crippen MR) is 84.1 cm³/mol. The topological polar surface area (TPSA) is 86.2 Å². The SMILES string of the molecule is CC1(Oc2nc(Cl)cc(C(=O)Nc3ccnc(C(F)(F)F)c3)n2)COC1. The molecule has 3 rings (SSSR count). The van der Waals surface area contributed by atoms with E-state index in [9.17, 15) is 18.0 Å². The molecule has 1 aliphatic rings. The average molecular weight is 389 g/mol. The van der Waals surface area contributed by atoms with Crippen LogP contribution in [0.5, 0.6) is 6.01 Å². The molecule has 11 heteroatoms. The monoisotopic (exact) mass is 388 g/mol. The molecule has 0 unspecified atom stereocenters. The number of hydrogen-bond acceptors (Lipinski definition) is 6. The third-order valence-electron chi connectivity index (χ3n) is 3.37. The summed E-state index contributed by atoms with van der Waals surface area (Å²) in [7, 11) is 0. The van der Waals surface area contributed by atoms with Crippen molar-refractivity contribution < 1.29 is 27.4 Å². The van der Waals surface area contributed by atoms with Crippen LogP contribution in [-0.2, 0) is 10.9 Å². The van der Waals surface area contributed by atoms with E-state index in [2.05, 4.69) is 20.3 Å². The van der Waals surface area contributed by atoms with Crippen molar-refractivity contribution in [2.75, 3.05) is 18.5 Å². The van der Waals surface area contributed by atoms with Gasteiger partial charge in [0, 0.05) is 18.0 Å². The second kappa shape index (κ2) is 6.69. The number of alkyl halides is 3. The van der Waals surface area contributed by atoms with Gasteiger partial charge in [-0.15, -0.1) is 0 Å². The van der Waals surface area contributed by atoms with Gasteiger partial charge in [0.25, 0.3) is 5.91 Å². The largest absolute Gasteiger partial charge is 0.452 e. The molecular weight excluding hydrogens is 377 g/mol. The molecule has 1 N–H and O–H groups in total. The Morgan fingerprint density at radius 3 is 2.69 bits per heavy atom. The number of hydrogen-bond donors (Lipinski definition) is 1. The molecule has 0 saturated carbocycles. The predicted octanol–water partition coefficient (Wildman–Crippen LogP) is 2.96. The minimum atomic E-state index is -4.62. The molecule has 2 aromatic rings. The summed E-state index contributed by atoms with van der Waals surface area (Å²) in [6.45, 7) is 2.44. The third kappa shape index (κ3) is 4.20. The van der Waals surface area contributed by atoms with Crippen LogP contribution in [0, 0.1) is 0 Å².